The predicted octanol–water partition coefficient (Wildman–Crippen LogP) is 0.830. The summed E-state index contributed by atoms with van der Waals surface area (Å²) < 4.78 is 29.9. The van der Waals surface area contributed by atoms with E-state index in [1.165, 1.54) is 7.11 Å². The molecule has 0 aliphatic carbocycles. The Bertz CT molecular complexity index is 594. The minimum Gasteiger partial charge on any atom is -0.495 e. The smallest absolute Gasteiger partial charge is 0.229 e. The molecule has 0 aliphatic heterocycles. The van der Waals surface area contributed by atoms with Crippen LogP contribution in [0.3, 0.4) is 0 Å². The zero-order valence-electron chi connectivity index (χ0n) is 11.4. The summed E-state index contributed by atoms with van der Waals surface area (Å²) in [5.41, 5.74) is 5.44. The van der Waals surface area contributed by atoms with Crippen LogP contribution >= 0.6 is 0 Å². The van der Waals surface area contributed by atoms with Crippen LogP contribution < -0.4 is 15.2 Å². The molecule has 0 spiro atoms. The summed E-state index contributed by atoms with van der Waals surface area (Å²) >= 11 is 0. The van der Waals surface area contributed by atoms with Crippen molar-refractivity contribution in [1.29, 1.82) is 0 Å². The molecule has 0 heterocycles. The van der Waals surface area contributed by atoms with Gasteiger partial charge in [-0.05, 0) is 31.5 Å². The second-order valence-electron chi connectivity index (χ2n) is 4.78. The maximum Gasteiger partial charge on any atom is 0.229 e. The number of amides is 1. The first-order valence-corrected chi connectivity index (χ1v) is 7.43. The van der Waals surface area contributed by atoms with Gasteiger partial charge in [0.05, 0.1) is 24.5 Å². The monoisotopic (exact) mass is 286 g/mol. The van der Waals surface area contributed by atoms with Crippen molar-refractivity contribution in [3.8, 4) is 5.75 Å². The molecule has 1 aromatic carbocycles. The normalized spacial score (nSPS) is 12.0. The molecule has 1 amide bonds. The van der Waals surface area contributed by atoms with Gasteiger partial charge in [0.1, 0.15) is 5.75 Å². The van der Waals surface area contributed by atoms with E-state index in [4.69, 9.17) is 10.5 Å². The number of ether oxygens (including phenoxy) is 1. The standard InChI is InChI=1S/C12H18N2O4S/c1-12(2,11(13)15)8-5-6-9(10(7-8)18-3)14-19(4,16)17/h5-7,14H,1-4H3,(H2,13,15). The highest BCUT2D eigenvalue weighted by Gasteiger charge is 2.28. The Morgan fingerprint density at radius 2 is 1.95 bits per heavy atom. The van der Waals surface area contributed by atoms with Gasteiger partial charge >= 0.3 is 0 Å². The molecule has 0 aromatic heterocycles. The number of methoxy groups -OCH3 is 1. The lowest BCUT2D eigenvalue weighted by molar-refractivity contribution is -0.122. The van der Waals surface area contributed by atoms with Crippen LogP contribution in [0, 0.1) is 0 Å². The zero-order valence-corrected chi connectivity index (χ0v) is 12.2. The van der Waals surface area contributed by atoms with Crippen LogP contribution in [-0.4, -0.2) is 27.7 Å². The molecule has 0 bridgehead atoms. The Hall–Kier alpha value is -1.76. The van der Waals surface area contributed by atoms with Gasteiger partial charge in [-0.15, -0.1) is 0 Å². The van der Waals surface area contributed by atoms with Crippen molar-refractivity contribution in [1.82, 2.24) is 0 Å². The first kappa shape index (κ1) is 15.3. The van der Waals surface area contributed by atoms with Gasteiger partial charge < -0.3 is 10.5 Å². The number of sulfonamides is 1. The van der Waals surface area contributed by atoms with E-state index in [1.54, 1.807) is 32.0 Å². The predicted molar refractivity (Wildman–Crippen MR) is 73.7 cm³/mol. The van der Waals surface area contributed by atoms with Crippen molar-refractivity contribution in [2.75, 3.05) is 18.1 Å². The Morgan fingerprint density at radius 3 is 2.37 bits per heavy atom. The number of carbonyl (C=O) groups excluding carboxylic acids is 1. The van der Waals surface area contributed by atoms with Crippen LogP contribution in [0.15, 0.2) is 18.2 Å². The summed E-state index contributed by atoms with van der Waals surface area (Å²) in [6.45, 7) is 3.38. The van der Waals surface area contributed by atoms with E-state index in [-0.39, 0.29) is 0 Å². The number of hydrogen-bond donors (Lipinski definition) is 2. The van der Waals surface area contributed by atoms with E-state index in [0.717, 1.165) is 6.26 Å². The molecule has 0 aliphatic rings. The Kier molecular flexibility index (Phi) is 4.09. The van der Waals surface area contributed by atoms with Crippen LogP contribution in [0.5, 0.6) is 5.75 Å². The van der Waals surface area contributed by atoms with E-state index in [1.807, 2.05) is 0 Å². The van der Waals surface area contributed by atoms with Gasteiger partial charge in [-0.3, -0.25) is 9.52 Å². The molecule has 0 fully saturated rings. The largest absolute Gasteiger partial charge is 0.495 e. The molecule has 0 saturated carbocycles. The topological polar surface area (TPSA) is 98.5 Å². The average molecular weight is 286 g/mol. The van der Waals surface area contributed by atoms with E-state index in [0.29, 0.717) is 17.0 Å². The van der Waals surface area contributed by atoms with Gasteiger partial charge in [0, 0.05) is 0 Å². The average Bonchev–Trinajstić information content (AvgIpc) is 2.27. The SMILES string of the molecule is COc1cc(C(C)(C)C(N)=O)ccc1NS(C)(=O)=O. The van der Waals surface area contributed by atoms with Crippen molar-refractivity contribution in [2.45, 2.75) is 19.3 Å². The molecular weight excluding hydrogens is 268 g/mol. The molecule has 106 valence electrons. The summed E-state index contributed by atoms with van der Waals surface area (Å²) in [4.78, 5) is 11.4. The van der Waals surface area contributed by atoms with E-state index in [2.05, 4.69) is 4.72 Å². The quantitative estimate of drug-likeness (QED) is 0.837. The second-order valence-corrected chi connectivity index (χ2v) is 6.53. The van der Waals surface area contributed by atoms with Gasteiger partial charge in [0.2, 0.25) is 15.9 Å². The Labute approximate surface area is 113 Å². The molecule has 19 heavy (non-hydrogen) atoms. The fourth-order valence-electron chi connectivity index (χ4n) is 1.51. The molecular formula is C12H18N2O4S. The molecule has 0 unspecified atom stereocenters. The maximum atomic E-state index is 11.4. The van der Waals surface area contributed by atoms with Crippen LogP contribution in [0.25, 0.3) is 0 Å². The van der Waals surface area contributed by atoms with Crippen molar-refractivity contribution in [2.24, 2.45) is 5.73 Å². The summed E-state index contributed by atoms with van der Waals surface area (Å²) in [6.07, 6.45) is 1.05. The fraction of sp³-hybridized carbons (Fsp3) is 0.417. The van der Waals surface area contributed by atoms with Gasteiger partial charge in [0.25, 0.3) is 0 Å². The summed E-state index contributed by atoms with van der Waals surface area (Å²) in [5, 5.41) is 0. The first-order chi connectivity index (χ1) is 8.58. The molecule has 0 atom stereocenters. The van der Waals surface area contributed by atoms with Crippen molar-refractivity contribution < 1.29 is 17.9 Å². The lowest BCUT2D eigenvalue weighted by Gasteiger charge is -2.22. The van der Waals surface area contributed by atoms with Crippen LogP contribution in [0.2, 0.25) is 0 Å². The highest BCUT2D eigenvalue weighted by Crippen LogP contribution is 2.32. The van der Waals surface area contributed by atoms with E-state index >= 15 is 0 Å². The zero-order chi connectivity index (χ0) is 14.8. The lowest BCUT2D eigenvalue weighted by atomic mass is 9.84. The van der Waals surface area contributed by atoms with Crippen molar-refractivity contribution >= 4 is 21.6 Å². The second kappa shape index (κ2) is 5.08. The van der Waals surface area contributed by atoms with Gasteiger partial charge in [0.15, 0.2) is 0 Å². The van der Waals surface area contributed by atoms with Crippen LogP contribution in [0.1, 0.15) is 19.4 Å². The minimum absolute atomic E-state index is 0.314. The number of primary amides is 1. The number of benzene rings is 1. The third-order valence-electron chi connectivity index (χ3n) is 2.83. The molecule has 6 nitrogen and oxygen atoms in total. The fourth-order valence-corrected chi connectivity index (χ4v) is 2.07. The molecule has 7 heteroatoms. The van der Waals surface area contributed by atoms with Crippen molar-refractivity contribution in [3.63, 3.8) is 0 Å². The number of nitrogens with one attached hydrogen (secondary N) is 1. The Balaban J connectivity index is 3.27. The Morgan fingerprint density at radius 1 is 1.37 bits per heavy atom. The van der Waals surface area contributed by atoms with E-state index in [9.17, 15) is 13.2 Å². The van der Waals surface area contributed by atoms with Crippen LogP contribution in [0.4, 0.5) is 5.69 Å². The number of nitrogens with two attached hydrogens (primary N) is 1. The highest BCUT2D eigenvalue weighted by atomic mass is 32.2. The summed E-state index contributed by atoms with van der Waals surface area (Å²) in [6, 6.07) is 4.78. The highest BCUT2D eigenvalue weighted by molar-refractivity contribution is 7.92. The number of rotatable bonds is 5. The van der Waals surface area contributed by atoms with Gasteiger partial charge in [-0.1, -0.05) is 6.07 Å². The number of carbonyl (C=O) groups is 1. The number of anilines is 1. The molecule has 1 rings (SSSR count). The minimum atomic E-state index is -3.40. The maximum absolute atomic E-state index is 11.4. The van der Waals surface area contributed by atoms with Crippen LogP contribution in [-0.2, 0) is 20.2 Å². The van der Waals surface area contributed by atoms with Gasteiger partial charge in [-0.25, -0.2) is 8.42 Å². The first-order valence-electron chi connectivity index (χ1n) is 5.54. The third kappa shape index (κ3) is 3.60. The lowest BCUT2D eigenvalue weighted by Crippen LogP contribution is -2.35. The molecule has 0 radical (unpaired) electrons. The summed E-state index contributed by atoms with van der Waals surface area (Å²) in [5.74, 6) is -0.143. The molecule has 0 saturated heterocycles. The molecule has 1 aromatic rings. The number of hydrogen-bond acceptors (Lipinski definition) is 4. The van der Waals surface area contributed by atoms with Gasteiger partial charge in [-0.2, -0.15) is 0 Å². The van der Waals surface area contributed by atoms with Crippen molar-refractivity contribution in [3.05, 3.63) is 23.8 Å². The van der Waals surface area contributed by atoms with E-state index < -0.39 is 21.3 Å². The molecule has 3 N–H and O–H groups in total. The summed E-state index contributed by atoms with van der Waals surface area (Å²) in [7, 11) is -1.98. The third-order valence-corrected chi connectivity index (χ3v) is 3.43.